The molecule has 0 spiro atoms. The second-order valence-corrected chi connectivity index (χ2v) is 5.49. The van der Waals surface area contributed by atoms with Crippen molar-refractivity contribution in [2.75, 3.05) is 5.32 Å². The average molecular weight is 328 g/mol. The van der Waals surface area contributed by atoms with Crippen LogP contribution in [0.4, 0.5) is 10.2 Å². The summed E-state index contributed by atoms with van der Waals surface area (Å²) < 4.78 is 18.6. The SMILES string of the molecule is BC(C)(F)c1ccc(NC(=O)/C(C#N)=C(\O)c2cnoc2C)nc1. The van der Waals surface area contributed by atoms with Crippen LogP contribution in [-0.2, 0) is 10.4 Å². The van der Waals surface area contributed by atoms with Gasteiger partial charge in [0.15, 0.2) is 19.2 Å². The predicted molar refractivity (Wildman–Crippen MR) is 86.3 cm³/mol. The van der Waals surface area contributed by atoms with E-state index in [2.05, 4.69) is 15.5 Å². The number of alkyl halides is 1. The molecule has 122 valence electrons. The molecule has 0 radical (unpaired) electrons. The van der Waals surface area contributed by atoms with E-state index in [1.165, 1.54) is 46.2 Å². The fourth-order valence-corrected chi connectivity index (χ4v) is 1.87. The number of aliphatic hydroxyl groups excluding tert-OH is 1. The number of hydrogen-bond donors (Lipinski definition) is 2. The van der Waals surface area contributed by atoms with Gasteiger partial charge in [0.25, 0.3) is 5.91 Å². The Morgan fingerprint density at radius 1 is 1.50 bits per heavy atom. The molecule has 2 aromatic heterocycles. The quantitative estimate of drug-likeness (QED) is 0.381. The molecule has 1 unspecified atom stereocenters. The van der Waals surface area contributed by atoms with Crippen molar-refractivity contribution in [3.8, 4) is 6.07 Å². The number of nitrogens with one attached hydrogen (secondary N) is 1. The van der Waals surface area contributed by atoms with Gasteiger partial charge >= 0.3 is 0 Å². The number of amides is 1. The van der Waals surface area contributed by atoms with E-state index in [1.807, 2.05) is 0 Å². The Labute approximate surface area is 138 Å². The third-order valence-electron chi connectivity index (χ3n) is 3.27. The van der Waals surface area contributed by atoms with E-state index in [1.54, 1.807) is 6.07 Å². The van der Waals surface area contributed by atoms with Gasteiger partial charge in [-0.15, -0.1) is 0 Å². The highest BCUT2D eigenvalue weighted by Crippen LogP contribution is 2.22. The lowest BCUT2D eigenvalue weighted by Crippen LogP contribution is -2.18. The molecule has 2 N–H and O–H groups in total. The zero-order valence-electron chi connectivity index (χ0n) is 13.3. The van der Waals surface area contributed by atoms with Crippen molar-refractivity contribution in [1.82, 2.24) is 10.1 Å². The predicted octanol–water partition coefficient (Wildman–Crippen LogP) is 1.58. The lowest BCUT2D eigenvalue weighted by atomic mass is 9.80. The second-order valence-electron chi connectivity index (χ2n) is 5.49. The van der Waals surface area contributed by atoms with Crippen LogP contribution in [-0.4, -0.2) is 29.0 Å². The van der Waals surface area contributed by atoms with Gasteiger partial charge in [-0.2, -0.15) is 5.26 Å². The molecule has 0 aliphatic carbocycles. The van der Waals surface area contributed by atoms with Crippen molar-refractivity contribution < 1.29 is 18.8 Å². The molecular formula is C15H14BFN4O3. The minimum Gasteiger partial charge on any atom is -0.506 e. The molecular weight excluding hydrogens is 314 g/mol. The van der Waals surface area contributed by atoms with Gasteiger partial charge in [-0.25, -0.2) is 9.37 Å². The van der Waals surface area contributed by atoms with E-state index in [9.17, 15) is 14.3 Å². The number of carbonyl (C=O) groups excluding carboxylic acids is 1. The first kappa shape index (κ1) is 17.2. The zero-order valence-corrected chi connectivity index (χ0v) is 13.3. The number of anilines is 1. The van der Waals surface area contributed by atoms with Crippen LogP contribution < -0.4 is 5.32 Å². The number of hydrogen-bond acceptors (Lipinski definition) is 6. The van der Waals surface area contributed by atoms with E-state index in [-0.39, 0.29) is 17.1 Å². The van der Waals surface area contributed by atoms with E-state index < -0.39 is 22.8 Å². The first-order chi connectivity index (χ1) is 11.2. The number of pyridine rings is 1. The summed E-state index contributed by atoms with van der Waals surface area (Å²) in [4.78, 5) is 16.1. The van der Waals surface area contributed by atoms with Crippen molar-refractivity contribution in [3.63, 3.8) is 0 Å². The Balaban J connectivity index is 2.25. The third kappa shape index (κ3) is 3.60. The Morgan fingerprint density at radius 2 is 2.21 bits per heavy atom. The molecule has 0 aromatic carbocycles. The molecule has 0 bridgehead atoms. The molecule has 0 saturated carbocycles. The van der Waals surface area contributed by atoms with E-state index in [0.29, 0.717) is 5.56 Å². The van der Waals surface area contributed by atoms with Crippen molar-refractivity contribution in [2.24, 2.45) is 0 Å². The van der Waals surface area contributed by atoms with Gasteiger partial charge in [-0.1, -0.05) is 11.2 Å². The van der Waals surface area contributed by atoms with Gasteiger partial charge in [-0.05, 0) is 25.5 Å². The van der Waals surface area contributed by atoms with Crippen molar-refractivity contribution >= 4 is 25.3 Å². The summed E-state index contributed by atoms with van der Waals surface area (Å²) in [6.45, 7) is 2.92. The average Bonchev–Trinajstić information content (AvgIpc) is 2.93. The van der Waals surface area contributed by atoms with Crippen LogP contribution in [0.3, 0.4) is 0 Å². The Hall–Kier alpha value is -3.15. The van der Waals surface area contributed by atoms with Crippen LogP contribution in [0.1, 0.15) is 23.8 Å². The van der Waals surface area contributed by atoms with E-state index >= 15 is 0 Å². The molecule has 0 saturated heterocycles. The number of aliphatic hydroxyl groups is 1. The maximum Gasteiger partial charge on any atom is 0.271 e. The summed E-state index contributed by atoms with van der Waals surface area (Å²) in [7, 11) is 1.39. The minimum atomic E-state index is -1.56. The van der Waals surface area contributed by atoms with Crippen LogP contribution in [0.2, 0.25) is 0 Å². The van der Waals surface area contributed by atoms with Crippen molar-refractivity contribution in [3.05, 3.63) is 47.0 Å². The first-order valence-electron chi connectivity index (χ1n) is 6.96. The Bertz CT molecular complexity index is 832. The Kier molecular flexibility index (Phi) is 4.69. The van der Waals surface area contributed by atoms with Crippen LogP contribution in [0, 0.1) is 18.3 Å². The van der Waals surface area contributed by atoms with E-state index in [0.717, 1.165) is 0 Å². The minimum absolute atomic E-state index is 0.121. The standard InChI is InChI=1S/C15H14BFN4O3/c1-8-11(7-20-24-8)13(22)10(5-18)14(23)21-12-4-3-9(6-19-12)15(2,16)17/h3-4,6-7,22H,16H2,1-2H3,(H,19,21,23)/b13-10-. The lowest BCUT2D eigenvalue weighted by molar-refractivity contribution is -0.112. The van der Waals surface area contributed by atoms with Crippen LogP contribution >= 0.6 is 0 Å². The van der Waals surface area contributed by atoms with Gasteiger partial charge in [0.2, 0.25) is 0 Å². The van der Waals surface area contributed by atoms with Gasteiger partial charge in [0, 0.05) is 6.20 Å². The summed E-state index contributed by atoms with van der Waals surface area (Å²) in [5.74, 6) is -1.01. The van der Waals surface area contributed by atoms with Crippen molar-refractivity contribution in [2.45, 2.75) is 19.4 Å². The molecule has 0 aliphatic heterocycles. The summed E-state index contributed by atoms with van der Waals surface area (Å²) >= 11 is 0. The fraction of sp³-hybridized carbons (Fsp3) is 0.200. The monoisotopic (exact) mass is 328 g/mol. The molecule has 2 heterocycles. The normalized spacial score (nSPS) is 14.2. The van der Waals surface area contributed by atoms with Crippen LogP contribution in [0.5, 0.6) is 0 Å². The van der Waals surface area contributed by atoms with E-state index in [4.69, 9.17) is 9.78 Å². The molecule has 2 rings (SSSR count). The zero-order chi connectivity index (χ0) is 17.9. The second kappa shape index (κ2) is 6.54. The van der Waals surface area contributed by atoms with Gasteiger partial charge in [0.05, 0.1) is 17.3 Å². The highest BCUT2D eigenvalue weighted by molar-refractivity contribution is 6.14. The summed E-state index contributed by atoms with van der Waals surface area (Å²) in [6.07, 6.45) is 2.49. The van der Waals surface area contributed by atoms with Crippen molar-refractivity contribution in [1.29, 1.82) is 5.26 Å². The molecule has 24 heavy (non-hydrogen) atoms. The molecule has 1 atom stereocenters. The number of aryl methyl sites for hydroxylation is 1. The van der Waals surface area contributed by atoms with Crippen LogP contribution in [0.25, 0.3) is 5.76 Å². The molecule has 0 fully saturated rings. The lowest BCUT2D eigenvalue weighted by Gasteiger charge is -2.14. The topological polar surface area (TPSA) is 112 Å². The first-order valence-corrected chi connectivity index (χ1v) is 6.96. The Morgan fingerprint density at radius 3 is 2.67 bits per heavy atom. The number of rotatable bonds is 4. The smallest absolute Gasteiger partial charge is 0.271 e. The maximum absolute atomic E-state index is 13.8. The number of carbonyl (C=O) groups is 1. The van der Waals surface area contributed by atoms with Gasteiger partial charge in [-0.3, -0.25) is 4.79 Å². The number of nitriles is 1. The number of aromatic nitrogens is 2. The third-order valence-corrected chi connectivity index (χ3v) is 3.27. The number of halogens is 1. The molecule has 0 aliphatic rings. The molecule has 2 aromatic rings. The maximum atomic E-state index is 13.8. The highest BCUT2D eigenvalue weighted by atomic mass is 19.1. The fourth-order valence-electron chi connectivity index (χ4n) is 1.87. The molecule has 7 nitrogen and oxygen atoms in total. The van der Waals surface area contributed by atoms with Gasteiger partial charge < -0.3 is 14.9 Å². The summed E-state index contributed by atoms with van der Waals surface area (Å²) in [5.41, 5.74) is -1.58. The molecule has 1 amide bonds. The summed E-state index contributed by atoms with van der Waals surface area (Å²) in [6, 6.07) is 4.52. The largest absolute Gasteiger partial charge is 0.506 e. The molecule has 9 heteroatoms. The van der Waals surface area contributed by atoms with Crippen LogP contribution in [0.15, 0.2) is 34.6 Å². The summed E-state index contributed by atoms with van der Waals surface area (Å²) in [5, 5.41) is 25.1. The highest BCUT2D eigenvalue weighted by Gasteiger charge is 2.21. The number of nitrogens with zero attached hydrogens (tertiary/aromatic N) is 3. The van der Waals surface area contributed by atoms with Gasteiger partial charge in [0.1, 0.15) is 17.6 Å².